The summed E-state index contributed by atoms with van der Waals surface area (Å²) in [5.41, 5.74) is 1.29. The van der Waals surface area contributed by atoms with Gasteiger partial charge in [-0.15, -0.1) is 0 Å². The molecule has 1 aromatic carbocycles. The van der Waals surface area contributed by atoms with Crippen LogP contribution in [-0.2, 0) is 13.0 Å². The second-order valence-electron chi connectivity index (χ2n) is 4.01. The van der Waals surface area contributed by atoms with E-state index in [4.69, 9.17) is 9.52 Å². The average Bonchev–Trinajstić information content (AvgIpc) is 2.88. The van der Waals surface area contributed by atoms with Crippen molar-refractivity contribution in [1.29, 1.82) is 0 Å². The van der Waals surface area contributed by atoms with Gasteiger partial charge in [0.25, 0.3) is 0 Å². The van der Waals surface area contributed by atoms with Gasteiger partial charge in [-0.1, -0.05) is 12.1 Å². The van der Waals surface area contributed by atoms with E-state index in [9.17, 15) is 4.79 Å². The minimum Gasteiger partial charge on any atom is -0.478 e. The molecule has 94 valence electrons. The molecule has 2 rings (SSSR count). The summed E-state index contributed by atoms with van der Waals surface area (Å²) in [6, 6.07) is 10.7. The third-order valence-corrected chi connectivity index (χ3v) is 2.63. The molecule has 0 saturated carbocycles. The maximum absolute atomic E-state index is 10.8. The Balaban J connectivity index is 1.79. The van der Waals surface area contributed by atoms with Crippen molar-refractivity contribution in [3.05, 3.63) is 59.5 Å². The van der Waals surface area contributed by atoms with E-state index >= 15 is 0 Å². The van der Waals surface area contributed by atoms with Gasteiger partial charge in [0.15, 0.2) is 0 Å². The first kappa shape index (κ1) is 12.4. The predicted octanol–water partition coefficient (Wildman–Crippen LogP) is 2.31. The molecule has 0 radical (unpaired) electrons. The second-order valence-corrected chi connectivity index (χ2v) is 4.01. The summed E-state index contributed by atoms with van der Waals surface area (Å²) >= 11 is 0. The number of carbonyl (C=O) groups is 1. The van der Waals surface area contributed by atoms with Crippen LogP contribution in [0.25, 0.3) is 0 Å². The van der Waals surface area contributed by atoms with Crippen LogP contribution in [0.5, 0.6) is 0 Å². The van der Waals surface area contributed by atoms with Crippen molar-refractivity contribution in [2.45, 2.75) is 13.0 Å². The van der Waals surface area contributed by atoms with Gasteiger partial charge in [0, 0.05) is 19.5 Å². The quantitative estimate of drug-likeness (QED) is 0.767. The molecule has 1 heterocycles. The average molecular weight is 245 g/mol. The van der Waals surface area contributed by atoms with E-state index in [0.29, 0.717) is 12.1 Å². The first-order chi connectivity index (χ1) is 8.75. The predicted molar refractivity (Wildman–Crippen MR) is 67.5 cm³/mol. The summed E-state index contributed by atoms with van der Waals surface area (Å²) in [6.07, 6.45) is 2.48. The molecule has 2 N–H and O–H groups in total. The molecule has 0 amide bonds. The molecule has 1 aromatic heterocycles. The van der Waals surface area contributed by atoms with Crippen molar-refractivity contribution in [3.63, 3.8) is 0 Å². The Kier molecular flexibility index (Phi) is 4.15. The molecule has 0 atom stereocenters. The van der Waals surface area contributed by atoms with Crippen molar-refractivity contribution in [2.24, 2.45) is 0 Å². The van der Waals surface area contributed by atoms with Gasteiger partial charge in [-0.2, -0.15) is 0 Å². The van der Waals surface area contributed by atoms with E-state index in [-0.39, 0.29) is 0 Å². The second kappa shape index (κ2) is 6.02. The molecule has 0 bridgehead atoms. The molecular weight excluding hydrogens is 230 g/mol. The van der Waals surface area contributed by atoms with Crippen molar-refractivity contribution in [3.8, 4) is 0 Å². The van der Waals surface area contributed by atoms with E-state index < -0.39 is 5.97 Å². The van der Waals surface area contributed by atoms with E-state index in [1.165, 1.54) is 0 Å². The lowest BCUT2D eigenvalue weighted by molar-refractivity contribution is 0.0696. The van der Waals surface area contributed by atoms with E-state index in [1.807, 2.05) is 18.2 Å². The molecule has 0 aliphatic heterocycles. The highest BCUT2D eigenvalue weighted by atomic mass is 16.4. The van der Waals surface area contributed by atoms with Crippen LogP contribution in [0.4, 0.5) is 0 Å². The van der Waals surface area contributed by atoms with E-state index in [1.54, 1.807) is 24.5 Å². The summed E-state index contributed by atoms with van der Waals surface area (Å²) in [6.45, 7) is 1.45. The lowest BCUT2D eigenvalue weighted by atomic mass is 10.1. The van der Waals surface area contributed by atoms with Crippen LogP contribution in [0, 0.1) is 0 Å². The Bertz CT molecular complexity index is 506. The maximum atomic E-state index is 10.8. The zero-order valence-corrected chi connectivity index (χ0v) is 9.93. The molecule has 0 spiro atoms. The lowest BCUT2D eigenvalue weighted by Gasteiger charge is -2.04. The number of benzene rings is 1. The molecule has 0 saturated heterocycles. The first-order valence-electron chi connectivity index (χ1n) is 5.81. The number of furan rings is 1. The summed E-state index contributed by atoms with van der Waals surface area (Å²) < 4.78 is 5.22. The van der Waals surface area contributed by atoms with Crippen LogP contribution in [0.3, 0.4) is 0 Å². The molecule has 0 aliphatic rings. The van der Waals surface area contributed by atoms with E-state index in [0.717, 1.165) is 24.3 Å². The van der Waals surface area contributed by atoms with E-state index in [2.05, 4.69) is 5.32 Å². The van der Waals surface area contributed by atoms with Crippen molar-refractivity contribution < 1.29 is 14.3 Å². The van der Waals surface area contributed by atoms with Crippen molar-refractivity contribution in [2.75, 3.05) is 6.54 Å². The third-order valence-electron chi connectivity index (χ3n) is 2.63. The number of rotatable bonds is 6. The first-order valence-corrected chi connectivity index (χ1v) is 5.81. The number of nitrogens with one attached hydrogen (secondary N) is 1. The topological polar surface area (TPSA) is 62.5 Å². The highest BCUT2D eigenvalue weighted by molar-refractivity contribution is 5.87. The summed E-state index contributed by atoms with van der Waals surface area (Å²) in [7, 11) is 0. The maximum Gasteiger partial charge on any atom is 0.335 e. The Hall–Kier alpha value is -2.07. The van der Waals surface area contributed by atoms with Gasteiger partial charge < -0.3 is 14.8 Å². The Morgan fingerprint density at radius 1 is 1.28 bits per heavy atom. The molecule has 0 unspecified atom stereocenters. The number of hydrogen-bond acceptors (Lipinski definition) is 3. The number of carboxylic acid groups (broad SMARTS) is 1. The zero-order chi connectivity index (χ0) is 12.8. The molecule has 4 nitrogen and oxygen atoms in total. The summed E-state index contributed by atoms with van der Waals surface area (Å²) in [5.74, 6) is 0.0502. The standard InChI is InChI=1S/C14H15NO3/c16-14(17)12-4-1-3-11(9-12)10-15-7-6-13-5-2-8-18-13/h1-5,8-9,15H,6-7,10H2,(H,16,17). The molecule has 18 heavy (non-hydrogen) atoms. The van der Waals surface area contributed by atoms with Gasteiger partial charge in [0.1, 0.15) is 5.76 Å². The normalized spacial score (nSPS) is 10.4. The smallest absolute Gasteiger partial charge is 0.335 e. The Morgan fingerprint density at radius 2 is 2.17 bits per heavy atom. The Labute approximate surface area is 105 Å². The fourth-order valence-corrected chi connectivity index (χ4v) is 1.71. The van der Waals surface area contributed by atoms with Gasteiger partial charge in [0.2, 0.25) is 0 Å². The van der Waals surface area contributed by atoms with Gasteiger partial charge in [0.05, 0.1) is 11.8 Å². The molecule has 2 aromatic rings. The highest BCUT2D eigenvalue weighted by Gasteiger charge is 2.02. The number of carboxylic acids is 1. The number of hydrogen-bond donors (Lipinski definition) is 2. The molecule has 0 fully saturated rings. The van der Waals surface area contributed by atoms with Gasteiger partial charge in [-0.3, -0.25) is 0 Å². The SMILES string of the molecule is O=C(O)c1cccc(CNCCc2ccco2)c1. The molecule has 4 heteroatoms. The van der Waals surface area contributed by atoms with Crippen molar-refractivity contribution in [1.82, 2.24) is 5.32 Å². The fraction of sp³-hybridized carbons (Fsp3) is 0.214. The number of aromatic carboxylic acids is 1. The zero-order valence-electron chi connectivity index (χ0n) is 9.93. The minimum absolute atomic E-state index is 0.320. The van der Waals surface area contributed by atoms with Gasteiger partial charge in [-0.05, 0) is 29.8 Å². The van der Waals surface area contributed by atoms with Crippen LogP contribution in [0.15, 0.2) is 47.1 Å². The van der Waals surface area contributed by atoms with Crippen LogP contribution in [0.1, 0.15) is 21.7 Å². The van der Waals surface area contributed by atoms with Crippen LogP contribution >= 0.6 is 0 Å². The molecular formula is C14H15NO3. The molecule has 0 aliphatic carbocycles. The fourth-order valence-electron chi connectivity index (χ4n) is 1.71. The third kappa shape index (κ3) is 3.46. The van der Waals surface area contributed by atoms with Crippen LogP contribution in [0.2, 0.25) is 0 Å². The summed E-state index contributed by atoms with van der Waals surface area (Å²) in [4.78, 5) is 10.8. The summed E-state index contributed by atoms with van der Waals surface area (Å²) in [5, 5.41) is 12.1. The monoisotopic (exact) mass is 245 g/mol. The highest BCUT2D eigenvalue weighted by Crippen LogP contribution is 2.05. The largest absolute Gasteiger partial charge is 0.478 e. The Morgan fingerprint density at radius 3 is 2.89 bits per heavy atom. The lowest BCUT2D eigenvalue weighted by Crippen LogP contribution is -2.16. The van der Waals surface area contributed by atoms with Crippen LogP contribution < -0.4 is 5.32 Å². The van der Waals surface area contributed by atoms with Crippen LogP contribution in [-0.4, -0.2) is 17.6 Å². The van der Waals surface area contributed by atoms with Gasteiger partial charge >= 0.3 is 5.97 Å². The van der Waals surface area contributed by atoms with Gasteiger partial charge in [-0.25, -0.2) is 4.79 Å². The minimum atomic E-state index is -0.896. The van der Waals surface area contributed by atoms with Crippen molar-refractivity contribution >= 4 is 5.97 Å².